The van der Waals surface area contributed by atoms with Crippen molar-refractivity contribution in [2.45, 2.75) is 6.42 Å². The number of anilines is 1. The lowest BCUT2D eigenvalue weighted by molar-refractivity contribution is -0.115. The van der Waals surface area contributed by atoms with Gasteiger partial charge in [-0.05, 0) is 52.7 Å². The molecule has 32 heavy (non-hydrogen) atoms. The maximum Gasteiger partial charge on any atom is 0.230 e. The van der Waals surface area contributed by atoms with Crippen molar-refractivity contribution in [2.24, 2.45) is 0 Å². The van der Waals surface area contributed by atoms with E-state index in [1.165, 1.54) is 0 Å². The van der Waals surface area contributed by atoms with Gasteiger partial charge in [0.2, 0.25) is 11.7 Å². The van der Waals surface area contributed by atoms with E-state index in [1.54, 1.807) is 30.3 Å². The fourth-order valence-electron chi connectivity index (χ4n) is 3.87. The minimum absolute atomic E-state index is 0.125. The SMILES string of the molecule is O=C(Cc1cccc2ccccc12)Nc1c(C(=O)c2ccc(Br)cc2)oc2ccccc12. The van der Waals surface area contributed by atoms with Crippen molar-refractivity contribution >= 4 is 55.0 Å². The molecule has 0 atom stereocenters. The Bertz CT molecular complexity index is 1460. The van der Waals surface area contributed by atoms with Crippen molar-refractivity contribution in [3.8, 4) is 0 Å². The predicted molar refractivity (Wildman–Crippen MR) is 130 cm³/mol. The molecule has 0 bridgehead atoms. The molecule has 5 aromatic rings. The van der Waals surface area contributed by atoms with Crippen LogP contribution in [0.2, 0.25) is 0 Å². The third kappa shape index (κ3) is 3.83. The minimum atomic E-state index is -0.283. The molecule has 0 radical (unpaired) electrons. The number of hydrogen-bond donors (Lipinski definition) is 1. The van der Waals surface area contributed by atoms with Crippen molar-refractivity contribution in [1.29, 1.82) is 0 Å². The van der Waals surface area contributed by atoms with Gasteiger partial charge < -0.3 is 9.73 Å². The molecule has 0 aliphatic heterocycles. The molecule has 0 spiro atoms. The zero-order chi connectivity index (χ0) is 22.1. The average molecular weight is 484 g/mol. The molecular formula is C27H18BrNO3. The number of nitrogens with one attached hydrogen (secondary N) is 1. The molecule has 0 aliphatic carbocycles. The largest absolute Gasteiger partial charge is 0.450 e. The van der Waals surface area contributed by atoms with Crippen LogP contribution in [0.3, 0.4) is 0 Å². The summed E-state index contributed by atoms with van der Waals surface area (Å²) >= 11 is 3.38. The number of carbonyl (C=O) groups excluding carboxylic acids is 2. The molecular weight excluding hydrogens is 466 g/mol. The van der Waals surface area contributed by atoms with Gasteiger partial charge in [0.1, 0.15) is 5.58 Å². The number of para-hydroxylation sites is 1. The lowest BCUT2D eigenvalue weighted by Crippen LogP contribution is -2.16. The first-order valence-electron chi connectivity index (χ1n) is 10.2. The Morgan fingerprint density at radius 3 is 2.28 bits per heavy atom. The van der Waals surface area contributed by atoms with Gasteiger partial charge >= 0.3 is 0 Å². The van der Waals surface area contributed by atoms with Crippen LogP contribution in [0.25, 0.3) is 21.7 Å². The van der Waals surface area contributed by atoms with Crippen LogP contribution in [0.15, 0.2) is 99.9 Å². The molecule has 0 saturated carbocycles. The zero-order valence-corrected chi connectivity index (χ0v) is 18.6. The number of benzene rings is 4. The van der Waals surface area contributed by atoms with Gasteiger partial charge in [-0.2, -0.15) is 0 Å². The van der Waals surface area contributed by atoms with Crippen LogP contribution in [0, 0.1) is 0 Å². The molecule has 4 aromatic carbocycles. The van der Waals surface area contributed by atoms with Gasteiger partial charge in [0.05, 0.1) is 12.1 Å². The fourth-order valence-corrected chi connectivity index (χ4v) is 4.13. The molecule has 1 aromatic heterocycles. The van der Waals surface area contributed by atoms with Crippen molar-refractivity contribution in [2.75, 3.05) is 5.32 Å². The second-order valence-electron chi connectivity index (χ2n) is 7.50. The molecule has 0 fully saturated rings. The molecule has 0 aliphatic rings. The van der Waals surface area contributed by atoms with Gasteiger partial charge in [0, 0.05) is 15.4 Å². The zero-order valence-electron chi connectivity index (χ0n) is 17.0. The summed E-state index contributed by atoms with van der Waals surface area (Å²) in [6.45, 7) is 0. The van der Waals surface area contributed by atoms with Crippen LogP contribution in [0.5, 0.6) is 0 Å². The summed E-state index contributed by atoms with van der Waals surface area (Å²) in [6.07, 6.45) is 0.187. The number of amides is 1. The van der Waals surface area contributed by atoms with Gasteiger partial charge in [0.25, 0.3) is 0 Å². The number of carbonyl (C=O) groups is 2. The van der Waals surface area contributed by atoms with Gasteiger partial charge in [-0.3, -0.25) is 9.59 Å². The van der Waals surface area contributed by atoms with Gasteiger partial charge in [-0.25, -0.2) is 0 Å². The Hall–Kier alpha value is -3.70. The van der Waals surface area contributed by atoms with Crippen LogP contribution in [-0.4, -0.2) is 11.7 Å². The normalized spacial score (nSPS) is 11.0. The average Bonchev–Trinajstić information content (AvgIpc) is 3.17. The van der Waals surface area contributed by atoms with Crippen LogP contribution in [0.4, 0.5) is 5.69 Å². The Morgan fingerprint density at radius 1 is 0.781 bits per heavy atom. The maximum atomic E-state index is 13.2. The first-order valence-corrected chi connectivity index (χ1v) is 11.0. The van der Waals surface area contributed by atoms with Gasteiger partial charge in [0.15, 0.2) is 5.76 Å². The third-order valence-corrected chi connectivity index (χ3v) is 5.93. The number of ketones is 1. The second kappa shape index (κ2) is 8.44. The number of halogens is 1. The fraction of sp³-hybridized carbons (Fsp3) is 0.0370. The van der Waals surface area contributed by atoms with Crippen molar-refractivity contribution in [3.63, 3.8) is 0 Å². The molecule has 0 saturated heterocycles. The number of hydrogen-bond acceptors (Lipinski definition) is 3. The van der Waals surface area contributed by atoms with Crippen LogP contribution >= 0.6 is 15.9 Å². The highest BCUT2D eigenvalue weighted by molar-refractivity contribution is 9.10. The van der Waals surface area contributed by atoms with E-state index in [9.17, 15) is 9.59 Å². The highest BCUT2D eigenvalue weighted by atomic mass is 79.9. The van der Waals surface area contributed by atoms with E-state index >= 15 is 0 Å². The van der Waals surface area contributed by atoms with Crippen LogP contribution in [-0.2, 0) is 11.2 Å². The summed E-state index contributed by atoms with van der Waals surface area (Å²) in [5.74, 6) is -0.369. The summed E-state index contributed by atoms with van der Waals surface area (Å²) in [7, 11) is 0. The Kier molecular flexibility index (Phi) is 5.33. The smallest absolute Gasteiger partial charge is 0.230 e. The molecule has 5 rings (SSSR count). The van der Waals surface area contributed by atoms with E-state index in [1.807, 2.05) is 60.7 Å². The topological polar surface area (TPSA) is 59.3 Å². The molecule has 4 nitrogen and oxygen atoms in total. The standard InChI is InChI=1S/C27H18BrNO3/c28-20-14-12-18(13-15-20)26(31)27-25(22-10-3-4-11-23(22)32-27)29-24(30)16-19-8-5-7-17-6-1-2-9-21(17)19/h1-15H,16H2,(H,29,30). The lowest BCUT2D eigenvalue weighted by atomic mass is 10.0. The highest BCUT2D eigenvalue weighted by Gasteiger charge is 2.23. The Labute approximate surface area is 193 Å². The van der Waals surface area contributed by atoms with E-state index in [0.717, 1.165) is 20.8 Å². The number of fused-ring (bicyclic) bond motifs is 2. The van der Waals surface area contributed by atoms with Crippen molar-refractivity contribution in [3.05, 3.63) is 112 Å². The Balaban J connectivity index is 1.50. The third-order valence-electron chi connectivity index (χ3n) is 5.40. The monoisotopic (exact) mass is 483 g/mol. The van der Waals surface area contributed by atoms with Gasteiger partial charge in [-0.1, -0.05) is 70.5 Å². The van der Waals surface area contributed by atoms with Crippen molar-refractivity contribution in [1.82, 2.24) is 0 Å². The van der Waals surface area contributed by atoms with E-state index in [0.29, 0.717) is 22.2 Å². The van der Waals surface area contributed by atoms with Gasteiger partial charge in [-0.15, -0.1) is 0 Å². The molecule has 156 valence electrons. The molecule has 0 unspecified atom stereocenters. The molecule has 1 amide bonds. The first-order chi connectivity index (χ1) is 15.6. The highest BCUT2D eigenvalue weighted by Crippen LogP contribution is 2.33. The molecule has 5 heteroatoms. The molecule has 1 heterocycles. The van der Waals surface area contributed by atoms with Crippen LogP contribution < -0.4 is 5.32 Å². The maximum absolute atomic E-state index is 13.2. The molecule has 1 N–H and O–H groups in total. The summed E-state index contributed by atoms with van der Waals surface area (Å²) in [4.78, 5) is 26.3. The minimum Gasteiger partial charge on any atom is -0.450 e. The summed E-state index contributed by atoms with van der Waals surface area (Å²) in [5, 5.41) is 5.76. The van der Waals surface area contributed by atoms with E-state index < -0.39 is 0 Å². The summed E-state index contributed by atoms with van der Waals surface area (Å²) < 4.78 is 6.77. The lowest BCUT2D eigenvalue weighted by Gasteiger charge is -2.09. The van der Waals surface area contributed by atoms with E-state index in [2.05, 4.69) is 21.2 Å². The summed E-state index contributed by atoms with van der Waals surface area (Å²) in [5.41, 5.74) is 2.36. The number of rotatable bonds is 5. The van der Waals surface area contributed by atoms with Crippen LogP contribution in [0.1, 0.15) is 21.7 Å². The number of furan rings is 1. The van der Waals surface area contributed by atoms with E-state index in [4.69, 9.17) is 4.42 Å². The predicted octanol–water partition coefficient (Wildman–Crippen LogP) is 6.76. The quantitative estimate of drug-likeness (QED) is 0.281. The van der Waals surface area contributed by atoms with E-state index in [-0.39, 0.29) is 23.9 Å². The Morgan fingerprint density at radius 2 is 1.47 bits per heavy atom. The second-order valence-corrected chi connectivity index (χ2v) is 8.42. The first kappa shape index (κ1) is 20.2. The van der Waals surface area contributed by atoms with Crippen molar-refractivity contribution < 1.29 is 14.0 Å². The summed E-state index contributed by atoms with van der Waals surface area (Å²) in [6, 6.07) is 28.2.